The first-order chi connectivity index (χ1) is 7.38. The average Bonchev–Trinajstić information content (AvgIpc) is 2.14. The van der Waals surface area contributed by atoms with E-state index in [2.05, 4.69) is 4.98 Å². The Labute approximate surface area is 88.7 Å². The van der Waals surface area contributed by atoms with Gasteiger partial charge in [0.25, 0.3) is 5.56 Å². The van der Waals surface area contributed by atoms with Gasteiger partial charge in [-0.25, -0.2) is 4.39 Å². The van der Waals surface area contributed by atoms with Crippen LogP contribution in [0.1, 0.15) is 0 Å². The summed E-state index contributed by atoms with van der Waals surface area (Å²) in [6.45, 7) is 0. The highest BCUT2D eigenvalue weighted by atomic mass is 31.2. The van der Waals surface area contributed by atoms with Crippen LogP contribution in [0, 0.1) is 5.82 Å². The normalized spacial score (nSPS) is 11.9. The molecule has 5 nitrogen and oxygen atoms in total. The number of hydrogen-bond donors (Lipinski definition) is 3. The van der Waals surface area contributed by atoms with E-state index in [1.54, 1.807) is 0 Å². The van der Waals surface area contributed by atoms with Gasteiger partial charge in [-0.1, -0.05) is 0 Å². The summed E-state index contributed by atoms with van der Waals surface area (Å²) in [5.41, 5.74) is -0.714. The summed E-state index contributed by atoms with van der Waals surface area (Å²) < 4.78 is 23.8. The molecule has 0 fully saturated rings. The van der Waals surface area contributed by atoms with E-state index in [4.69, 9.17) is 9.79 Å². The maximum absolute atomic E-state index is 12.8. The topological polar surface area (TPSA) is 90.4 Å². The van der Waals surface area contributed by atoms with Crippen LogP contribution >= 0.6 is 7.60 Å². The van der Waals surface area contributed by atoms with E-state index in [-0.39, 0.29) is 5.52 Å². The second-order valence-corrected chi connectivity index (χ2v) is 4.83. The lowest BCUT2D eigenvalue weighted by Gasteiger charge is -2.04. The van der Waals surface area contributed by atoms with Crippen LogP contribution in [0.4, 0.5) is 4.39 Å². The minimum Gasteiger partial charge on any atom is -0.321 e. The van der Waals surface area contributed by atoms with Crippen molar-refractivity contribution in [2.75, 3.05) is 0 Å². The van der Waals surface area contributed by atoms with Crippen LogP contribution in [0.15, 0.2) is 29.1 Å². The zero-order valence-electron chi connectivity index (χ0n) is 7.85. The molecule has 0 aliphatic rings. The molecule has 0 saturated heterocycles. The Hall–Kier alpha value is -1.49. The number of nitrogens with one attached hydrogen (secondary N) is 1. The fourth-order valence-corrected chi connectivity index (χ4v) is 2.01. The van der Waals surface area contributed by atoms with Gasteiger partial charge in [0.05, 0.1) is 5.52 Å². The summed E-state index contributed by atoms with van der Waals surface area (Å²) >= 11 is 0. The number of H-pyrrole nitrogens is 1. The highest BCUT2D eigenvalue weighted by Crippen LogP contribution is 2.31. The summed E-state index contributed by atoms with van der Waals surface area (Å²) in [7, 11) is -4.61. The fraction of sp³-hybridized carbons (Fsp3) is 0. The highest BCUT2D eigenvalue weighted by Gasteiger charge is 2.21. The molecule has 1 aromatic heterocycles. The van der Waals surface area contributed by atoms with Crippen LogP contribution in [0.2, 0.25) is 0 Å². The van der Waals surface area contributed by atoms with E-state index in [1.807, 2.05) is 0 Å². The third-order valence-electron chi connectivity index (χ3n) is 2.10. The maximum atomic E-state index is 12.8. The molecular formula is C9H7FNO4P. The first kappa shape index (κ1) is 11.0. The van der Waals surface area contributed by atoms with Crippen molar-refractivity contribution < 1.29 is 18.7 Å². The summed E-state index contributed by atoms with van der Waals surface area (Å²) in [6, 6.07) is 4.62. The molecule has 0 amide bonds. The molecule has 3 N–H and O–H groups in total. The number of rotatable bonds is 1. The number of benzene rings is 1. The van der Waals surface area contributed by atoms with E-state index in [0.29, 0.717) is 5.39 Å². The van der Waals surface area contributed by atoms with E-state index in [0.717, 1.165) is 18.2 Å². The van der Waals surface area contributed by atoms with Crippen LogP contribution in [0.3, 0.4) is 0 Å². The standard InChI is InChI=1S/C9H7FNO4P/c10-6-2-1-5-3-8(16(13,14)15)9(12)11-7(5)4-6/h1-4H,(H,11,12)(H2,13,14,15). The molecule has 2 rings (SSSR count). The number of fused-ring (bicyclic) bond motifs is 1. The Morgan fingerprint density at radius 1 is 1.25 bits per heavy atom. The predicted octanol–water partition coefficient (Wildman–Crippen LogP) is 0.470. The Morgan fingerprint density at radius 2 is 1.94 bits per heavy atom. The monoisotopic (exact) mass is 243 g/mol. The van der Waals surface area contributed by atoms with Gasteiger partial charge in [0, 0.05) is 0 Å². The van der Waals surface area contributed by atoms with Crippen LogP contribution in [-0.2, 0) is 4.57 Å². The molecule has 7 heteroatoms. The molecular weight excluding hydrogens is 236 g/mol. The first-order valence-electron chi connectivity index (χ1n) is 4.26. The summed E-state index contributed by atoms with van der Waals surface area (Å²) in [6.07, 6.45) is 0. The lowest BCUT2D eigenvalue weighted by atomic mass is 10.2. The highest BCUT2D eigenvalue weighted by molar-refractivity contribution is 7.60. The molecule has 16 heavy (non-hydrogen) atoms. The van der Waals surface area contributed by atoms with Crippen molar-refractivity contribution in [2.24, 2.45) is 0 Å². The van der Waals surface area contributed by atoms with Crippen LogP contribution in [-0.4, -0.2) is 14.8 Å². The van der Waals surface area contributed by atoms with Crippen molar-refractivity contribution in [3.8, 4) is 0 Å². The third kappa shape index (κ3) is 1.90. The van der Waals surface area contributed by atoms with E-state index in [1.165, 1.54) is 6.07 Å². The number of aromatic nitrogens is 1. The van der Waals surface area contributed by atoms with Crippen molar-refractivity contribution >= 4 is 23.8 Å². The van der Waals surface area contributed by atoms with Crippen molar-refractivity contribution in [1.29, 1.82) is 0 Å². The van der Waals surface area contributed by atoms with Gasteiger partial charge in [0.2, 0.25) is 0 Å². The molecule has 0 atom stereocenters. The van der Waals surface area contributed by atoms with Crippen LogP contribution < -0.4 is 10.9 Å². The van der Waals surface area contributed by atoms with E-state index >= 15 is 0 Å². The quantitative estimate of drug-likeness (QED) is 0.635. The Kier molecular flexibility index (Phi) is 2.42. The maximum Gasteiger partial charge on any atom is 0.361 e. The Morgan fingerprint density at radius 3 is 2.56 bits per heavy atom. The third-order valence-corrected chi connectivity index (χ3v) is 3.06. The SMILES string of the molecule is O=c1[nH]c2cc(F)ccc2cc1P(=O)(O)O. The zero-order chi connectivity index (χ0) is 11.9. The molecule has 0 saturated carbocycles. The summed E-state index contributed by atoms with van der Waals surface area (Å²) in [4.78, 5) is 31.3. The molecule has 0 spiro atoms. The fourth-order valence-electron chi connectivity index (χ4n) is 1.38. The summed E-state index contributed by atoms with van der Waals surface area (Å²) in [5, 5.41) is -0.258. The first-order valence-corrected chi connectivity index (χ1v) is 5.88. The van der Waals surface area contributed by atoms with E-state index < -0.39 is 24.3 Å². The van der Waals surface area contributed by atoms with Gasteiger partial charge in [-0.15, -0.1) is 0 Å². The second kappa shape index (κ2) is 3.52. The van der Waals surface area contributed by atoms with Gasteiger partial charge in [-0.05, 0) is 29.7 Å². The molecule has 0 radical (unpaired) electrons. The zero-order valence-corrected chi connectivity index (χ0v) is 8.74. The Bertz CT molecular complexity index is 660. The van der Waals surface area contributed by atoms with Crippen LogP contribution in [0.25, 0.3) is 10.9 Å². The molecule has 0 bridgehead atoms. The van der Waals surface area contributed by atoms with Gasteiger partial charge in [-0.2, -0.15) is 0 Å². The van der Waals surface area contributed by atoms with Gasteiger partial charge in [0.15, 0.2) is 0 Å². The van der Waals surface area contributed by atoms with Gasteiger partial charge >= 0.3 is 7.60 Å². The molecule has 0 aliphatic carbocycles. The molecule has 0 aliphatic heterocycles. The average molecular weight is 243 g/mol. The Balaban J connectivity index is 2.83. The van der Waals surface area contributed by atoms with Crippen molar-refractivity contribution in [2.45, 2.75) is 0 Å². The summed E-state index contributed by atoms with van der Waals surface area (Å²) in [5.74, 6) is -0.535. The van der Waals surface area contributed by atoms with Gasteiger partial charge in [0.1, 0.15) is 11.1 Å². The predicted molar refractivity (Wildman–Crippen MR) is 56.2 cm³/mol. The van der Waals surface area contributed by atoms with Crippen LogP contribution in [0.5, 0.6) is 0 Å². The van der Waals surface area contributed by atoms with E-state index in [9.17, 15) is 13.8 Å². The van der Waals surface area contributed by atoms with Gasteiger partial charge in [-0.3, -0.25) is 9.36 Å². The van der Waals surface area contributed by atoms with Gasteiger partial charge < -0.3 is 14.8 Å². The second-order valence-electron chi connectivity index (χ2n) is 3.26. The molecule has 84 valence electrons. The largest absolute Gasteiger partial charge is 0.361 e. The minimum absolute atomic E-state index is 0.196. The van der Waals surface area contributed by atoms with Crippen molar-refractivity contribution in [3.63, 3.8) is 0 Å². The number of pyridine rings is 1. The molecule has 0 unspecified atom stereocenters. The number of hydrogen-bond acceptors (Lipinski definition) is 2. The lowest BCUT2D eigenvalue weighted by molar-refractivity contribution is 0.387. The molecule has 2 aromatic rings. The van der Waals surface area contributed by atoms with Crippen molar-refractivity contribution in [1.82, 2.24) is 4.98 Å². The van der Waals surface area contributed by atoms with Crippen molar-refractivity contribution in [3.05, 3.63) is 40.4 Å². The number of halogens is 1. The number of aromatic amines is 1. The molecule has 1 aromatic carbocycles. The minimum atomic E-state index is -4.61. The molecule has 1 heterocycles. The lowest BCUT2D eigenvalue weighted by Crippen LogP contribution is -2.26. The smallest absolute Gasteiger partial charge is 0.321 e.